The smallest absolute Gasteiger partial charge is 0.211 e. The molecule has 5 nitrogen and oxygen atoms in total. The van der Waals surface area contributed by atoms with Crippen molar-refractivity contribution in [3.05, 3.63) is 22.9 Å². The molecular weight excluding hydrogens is 318 g/mol. The van der Waals surface area contributed by atoms with E-state index in [4.69, 9.17) is 0 Å². The number of aromatic nitrogens is 1. The Morgan fingerprint density at radius 2 is 2.39 bits per heavy atom. The average molecular weight is 334 g/mol. The SMILES string of the molecule is CS(=O)(=O)N1CCC[C@@H]1CNc1ccncc1Br. The molecule has 1 aromatic heterocycles. The molecule has 0 aliphatic carbocycles. The Morgan fingerprint density at radius 3 is 3.06 bits per heavy atom. The molecule has 1 aromatic rings. The minimum atomic E-state index is -3.10. The Balaban J connectivity index is 2.00. The maximum absolute atomic E-state index is 11.6. The molecule has 1 aliphatic rings. The molecule has 2 heterocycles. The Morgan fingerprint density at radius 1 is 1.61 bits per heavy atom. The third kappa shape index (κ3) is 3.21. The quantitative estimate of drug-likeness (QED) is 0.910. The molecule has 0 unspecified atom stereocenters. The van der Waals surface area contributed by atoms with E-state index in [9.17, 15) is 8.42 Å². The van der Waals surface area contributed by atoms with Gasteiger partial charge < -0.3 is 5.32 Å². The Labute approximate surface area is 116 Å². The summed E-state index contributed by atoms with van der Waals surface area (Å²) in [6, 6.07) is 1.91. The number of hydrogen-bond donors (Lipinski definition) is 1. The number of sulfonamides is 1. The van der Waals surface area contributed by atoms with Crippen LogP contribution in [0.3, 0.4) is 0 Å². The zero-order valence-electron chi connectivity index (χ0n) is 10.1. The number of nitrogens with zero attached hydrogens (tertiary/aromatic N) is 2. The summed E-state index contributed by atoms with van der Waals surface area (Å²) in [7, 11) is -3.10. The molecule has 0 amide bonds. The van der Waals surface area contributed by atoms with E-state index in [-0.39, 0.29) is 6.04 Å². The largest absolute Gasteiger partial charge is 0.382 e. The maximum atomic E-state index is 11.6. The summed E-state index contributed by atoms with van der Waals surface area (Å²) in [6.07, 6.45) is 6.52. The van der Waals surface area contributed by atoms with Crippen molar-refractivity contribution in [1.82, 2.24) is 9.29 Å². The van der Waals surface area contributed by atoms with Crippen LogP contribution in [0.25, 0.3) is 0 Å². The van der Waals surface area contributed by atoms with Crippen molar-refractivity contribution in [2.45, 2.75) is 18.9 Å². The van der Waals surface area contributed by atoms with Crippen LogP contribution in [0.1, 0.15) is 12.8 Å². The van der Waals surface area contributed by atoms with Gasteiger partial charge in [0.05, 0.1) is 16.4 Å². The minimum Gasteiger partial charge on any atom is -0.382 e. The normalized spacial score (nSPS) is 21.1. The summed E-state index contributed by atoms with van der Waals surface area (Å²) < 4.78 is 25.7. The lowest BCUT2D eigenvalue weighted by atomic mass is 10.2. The first-order valence-electron chi connectivity index (χ1n) is 5.78. The third-order valence-corrected chi connectivity index (χ3v) is 5.01. The number of pyridine rings is 1. The summed E-state index contributed by atoms with van der Waals surface area (Å²) >= 11 is 3.40. The van der Waals surface area contributed by atoms with E-state index >= 15 is 0 Å². The van der Waals surface area contributed by atoms with Crippen LogP contribution in [0, 0.1) is 0 Å². The number of nitrogens with one attached hydrogen (secondary N) is 1. The van der Waals surface area contributed by atoms with Crippen LogP contribution in [0.5, 0.6) is 0 Å². The number of halogens is 1. The fourth-order valence-corrected chi connectivity index (χ4v) is 3.77. The van der Waals surface area contributed by atoms with Gasteiger partial charge in [-0.2, -0.15) is 4.31 Å². The van der Waals surface area contributed by atoms with Gasteiger partial charge in [-0.1, -0.05) is 0 Å². The Hall–Kier alpha value is -0.660. The van der Waals surface area contributed by atoms with Crippen LogP contribution in [0.2, 0.25) is 0 Å². The molecule has 1 saturated heterocycles. The van der Waals surface area contributed by atoms with Crippen LogP contribution in [-0.2, 0) is 10.0 Å². The molecule has 1 aliphatic heterocycles. The molecule has 1 fully saturated rings. The van der Waals surface area contributed by atoms with Crippen LogP contribution in [0.15, 0.2) is 22.9 Å². The van der Waals surface area contributed by atoms with Crippen LogP contribution in [-0.4, -0.2) is 43.1 Å². The topological polar surface area (TPSA) is 62.3 Å². The summed E-state index contributed by atoms with van der Waals surface area (Å²) in [6.45, 7) is 1.25. The highest BCUT2D eigenvalue weighted by atomic mass is 79.9. The average Bonchev–Trinajstić information content (AvgIpc) is 2.76. The van der Waals surface area contributed by atoms with Gasteiger partial charge in [0.15, 0.2) is 0 Å². The van der Waals surface area contributed by atoms with Gasteiger partial charge in [-0.3, -0.25) is 4.98 Å². The van der Waals surface area contributed by atoms with E-state index in [1.54, 1.807) is 16.7 Å². The molecule has 0 spiro atoms. The second kappa shape index (κ2) is 5.54. The molecular formula is C11H16BrN3O2S. The van der Waals surface area contributed by atoms with Gasteiger partial charge in [0, 0.05) is 31.5 Å². The molecule has 0 radical (unpaired) electrons. The van der Waals surface area contributed by atoms with Crippen LogP contribution >= 0.6 is 15.9 Å². The molecule has 2 rings (SSSR count). The lowest BCUT2D eigenvalue weighted by Gasteiger charge is -2.23. The van der Waals surface area contributed by atoms with Gasteiger partial charge in [0.1, 0.15) is 0 Å². The molecule has 100 valence electrons. The first-order chi connectivity index (χ1) is 8.48. The van der Waals surface area contributed by atoms with Gasteiger partial charge in [-0.05, 0) is 34.8 Å². The zero-order valence-corrected chi connectivity index (χ0v) is 12.5. The van der Waals surface area contributed by atoms with Gasteiger partial charge in [0.2, 0.25) is 10.0 Å². The second-order valence-electron chi connectivity index (χ2n) is 4.41. The third-order valence-electron chi connectivity index (χ3n) is 3.05. The van der Waals surface area contributed by atoms with E-state index < -0.39 is 10.0 Å². The van der Waals surface area contributed by atoms with Crippen molar-refractivity contribution < 1.29 is 8.42 Å². The molecule has 7 heteroatoms. The number of rotatable bonds is 4. The number of hydrogen-bond acceptors (Lipinski definition) is 4. The van der Waals surface area contributed by atoms with Crippen molar-refractivity contribution in [3.8, 4) is 0 Å². The molecule has 1 N–H and O–H groups in total. The molecule has 1 atom stereocenters. The van der Waals surface area contributed by atoms with E-state index in [1.807, 2.05) is 6.07 Å². The summed E-state index contributed by atoms with van der Waals surface area (Å²) in [5.41, 5.74) is 0.936. The highest BCUT2D eigenvalue weighted by Gasteiger charge is 2.31. The Bertz CT molecular complexity index is 521. The first-order valence-corrected chi connectivity index (χ1v) is 8.43. The minimum absolute atomic E-state index is 0.0417. The van der Waals surface area contributed by atoms with Crippen molar-refractivity contribution in [2.24, 2.45) is 0 Å². The highest BCUT2D eigenvalue weighted by Crippen LogP contribution is 2.23. The molecule has 0 aromatic carbocycles. The zero-order chi connectivity index (χ0) is 13.2. The maximum Gasteiger partial charge on any atom is 0.211 e. The molecule has 18 heavy (non-hydrogen) atoms. The van der Waals surface area contributed by atoms with Gasteiger partial charge in [0.25, 0.3) is 0 Å². The van der Waals surface area contributed by atoms with Crippen molar-refractivity contribution in [2.75, 3.05) is 24.7 Å². The monoisotopic (exact) mass is 333 g/mol. The van der Waals surface area contributed by atoms with E-state index in [0.29, 0.717) is 13.1 Å². The second-order valence-corrected chi connectivity index (χ2v) is 7.20. The number of anilines is 1. The lowest BCUT2D eigenvalue weighted by molar-refractivity contribution is 0.402. The van der Waals surface area contributed by atoms with Crippen molar-refractivity contribution in [3.63, 3.8) is 0 Å². The lowest BCUT2D eigenvalue weighted by Crippen LogP contribution is -2.38. The molecule has 0 saturated carbocycles. The summed E-state index contributed by atoms with van der Waals surface area (Å²) in [5.74, 6) is 0. The van der Waals surface area contributed by atoms with E-state index in [0.717, 1.165) is 23.0 Å². The summed E-state index contributed by atoms with van der Waals surface area (Å²) in [4.78, 5) is 3.99. The van der Waals surface area contributed by atoms with Crippen molar-refractivity contribution >= 4 is 31.6 Å². The van der Waals surface area contributed by atoms with Gasteiger partial charge in [-0.25, -0.2) is 8.42 Å². The standard InChI is InChI=1S/C11H16BrN3O2S/c1-18(16,17)15-6-2-3-9(15)7-14-11-4-5-13-8-10(11)12/h4-5,8-9H,2-3,6-7H2,1H3,(H,13,14)/t9-/m1/s1. The predicted octanol–water partition coefficient (Wildman–Crippen LogP) is 1.68. The van der Waals surface area contributed by atoms with E-state index in [1.165, 1.54) is 6.26 Å². The van der Waals surface area contributed by atoms with Gasteiger partial charge >= 0.3 is 0 Å². The highest BCUT2D eigenvalue weighted by molar-refractivity contribution is 9.10. The van der Waals surface area contributed by atoms with Crippen LogP contribution < -0.4 is 5.32 Å². The molecule has 0 bridgehead atoms. The van der Waals surface area contributed by atoms with E-state index in [2.05, 4.69) is 26.2 Å². The Kier molecular flexibility index (Phi) is 4.24. The van der Waals surface area contributed by atoms with Gasteiger partial charge in [-0.15, -0.1) is 0 Å². The first kappa shape index (κ1) is 13.8. The summed E-state index contributed by atoms with van der Waals surface area (Å²) in [5, 5.41) is 3.26. The fraction of sp³-hybridized carbons (Fsp3) is 0.545. The predicted molar refractivity (Wildman–Crippen MR) is 75.0 cm³/mol. The van der Waals surface area contributed by atoms with Crippen molar-refractivity contribution in [1.29, 1.82) is 0 Å². The van der Waals surface area contributed by atoms with Crippen LogP contribution in [0.4, 0.5) is 5.69 Å². The fourth-order valence-electron chi connectivity index (χ4n) is 2.20.